The molecule has 0 aromatic heterocycles. The number of esters is 1. The van der Waals surface area contributed by atoms with Gasteiger partial charge in [-0.25, -0.2) is 13.2 Å². The third-order valence-corrected chi connectivity index (χ3v) is 6.41. The fourth-order valence-corrected chi connectivity index (χ4v) is 4.63. The van der Waals surface area contributed by atoms with Crippen LogP contribution in [-0.4, -0.2) is 57.5 Å². The molecule has 1 saturated heterocycles. The van der Waals surface area contributed by atoms with Gasteiger partial charge in [-0.1, -0.05) is 23.3 Å². The lowest BCUT2D eigenvalue weighted by molar-refractivity contribution is -0.119. The topological polar surface area (TPSA) is 102 Å². The van der Waals surface area contributed by atoms with Gasteiger partial charge in [-0.05, 0) is 44.2 Å². The van der Waals surface area contributed by atoms with Crippen LogP contribution in [0.1, 0.15) is 21.5 Å². The number of rotatable bonds is 6. The number of hydrogen-bond acceptors (Lipinski definition) is 6. The van der Waals surface area contributed by atoms with Gasteiger partial charge in [-0.15, -0.1) is 0 Å². The van der Waals surface area contributed by atoms with E-state index in [4.69, 9.17) is 9.47 Å². The molecule has 0 atom stereocenters. The number of nitrogens with one attached hydrogen (secondary N) is 1. The molecule has 0 saturated carbocycles. The molecule has 1 amide bonds. The standard InChI is InChI=1S/C21H24N2O6S/c1-15-10-16(2)12-17(11-15)21(25)29-14-20(24)22-18-4-3-5-19(13-18)30(26,27)23-6-8-28-9-7-23/h3-5,10-13H,6-9,14H2,1-2H3,(H,22,24). The number of sulfonamides is 1. The van der Waals surface area contributed by atoms with E-state index in [2.05, 4.69) is 5.32 Å². The van der Waals surface area contributed by atoms with Crippen molar-refractivity contribution in [2.45, 2.75) is 18.7 Å². The molecular formula is C21H24N2O6S. The zero-order valence-corrected chi connectivity index (χ0v) is 17.7. The van der Waals surface area contributed by atoms with Gasteiger partial charge in [0.1, 0.15) is 0 Å². The van der Waals surface area contributed by atoms with Gasteiger partial charge in [-0.2, -0.15) is 4.31 Å². The molecule has 1 N–H and O–H groups in total. The van der Waals surface area contributed by atoms with Crippen molar-refractivity contribution in [2.24, 2.45) is 0 Å². The van der Waals surface area contributed by atoms with E-state index in [0.29, 0.717) is 24.5 Å². The molecule has 2 aromatic rings. The summed E-state index contributed by atoms with van der Waals surface area (Å²) in [6.45, 7) is 4.53. The minimum atomic E-state index is -3.67. The molecule has 1 aliphatic heterocycles. The predicted octanol–water partition coefficient (Wildman–Crippen LogP) is 2.12. The third-order valence-electron chi connectivity index (χ3n) is 4.52. The minimum absolute atomic E-state index is 0.0782. The summed E-state index contributed by atoms with van der Waals surface area (Å²) < 4.78 is 37.1. The summed E-state index contributed by atoms with van der Waals surface area (Å²) in [5.74, 6) is -1.16. The van der Waals surface area contributed by atoms with Gasteiger partial charge >= 0.3 is 5.97 Å². The number of amides is 1. The van der Waals surface area contributed by atoms with Crippen molar-refractivity contribution in [1.82, 2.24) is 4.31 Å². The molecule has 1 aliphatic rings. The number of aryl methyl sites for hydroxylation is 2. The van der Waals surface area contributed by atoms with Crippen molar-refractivity contribution in [3.05, 3.63) is 59.2 Å². The molecule has 8 nitrogen and oxygen atoms in total. The largest absolute Gasteiger partial charge is 0.452 e. The number of nitrogens with zero attached hydrogens (tertiary/aromatic N) is 1. The fraction of sp³-hybridized carbons (Fsp3) is 0.333. The number of ether oxygens (including phenoxy) is 2. The van der Waals surface area contributed by atoms with E-state index in [1.54, 1.807) is 24.3 Å². The Balaban J connectivity index is 1.61. The summed E-state index contributed by atoms with van der Waals surface area (Å²) in [6.07, 6.45) is 0. The predicted molar refractivity (Wildman–Crippen MR) is 111 cm³/mol. The van der Waals surface area contributed by atoms with Crippen molar-refractivity contribution >= 4 is 27.6 Å². The van der Waals surface area contributed by atoms with E-state index in [0.717, 1.165) is 11.1 Å². The Morgan fingerprint density at radius 2 is 1.73 bits per heavy atom. The number of anilines is 1. The van der Waals surface area contributed by atoms with Crippen LogP contribution in [0.15, 0.2) is 47.4 Å². The smallest absolute Gasteiger partial charge is 0.338 e. The molecule has 1 fully saturated rings. The Kier molecular flexibility index (Phi) is 6.86. The first-order chi connectivity index (χ1) is 14.3. The summed E-state index contributed by atoms with van der Waals surface area (Å²) in [4.78, 5) is 24.4. The minimum Gasteiger partial charge on any atom is -0.452 e. The van der Waals surface area contributed by atoms with Crippen molar-refractivity contribution in [3.8, 4) is 0 Å². The lowest BCUT2D eigenvalue weighted by atomic mass is 10.1. The van der Waals surface area contributed by atoms with Crippen molar-refractivity contribution in [1.29, 1.82) is 0 Å². The maximum atomic E-state index is 12.7. The van der Waals surface area contributed by atoms with Crippen molar-refractivity contribution in [2.75, 3.05) is 38.2 Å². The number of carbonyl (C=O) groups excluding carboxylic acids is 2. The molecule has 0 spiro atoms. The van der Waals surface area contributed by atoms with Crippen LogP contribution < -0.4 is 5.32 Å². The Morgan fingerprint density at radius 3 is 2.40 bits per heavy atom. The van der Waals surface area contributed by atoms with Gasteiger partial charge in [-0.3, -0.25) is 4.79 Å². The molecule has 3 rings (SSSR count). The molecule has 0 bridgehead atoms. The molecule has 160 valence electrons. The number of benzene rings is 2. The van der Waals surface area contributed by atoms with Crippen LogP contribution in [0.2, 0.25) is 0 Å². The Hall–Kier alpha value is -2.75. The number of carbonyl (C=O) groups is 2. The maximum Gasteiger partial charge on any atom is 0.338 e. The lowest BCUT2D eigenvalue weighted by Crippen LogP contribution is -2.40. The van der Waals surface area contributed by atoms with E-state index < -0.39 is 28.5 Å². The SMILES string of the molecule is Cc1cc(C)cc(C(=O)OCC(=O)Nc2cccc(S(=O)(=O)N3CCOCC3)c2)c1. The lowest BCUT2D eigenvalue weighted by Gasteiger charge is -2.26. The zero-order valence-electron chi connectivity index (χ0n) is 16.9. The van der Waals surface area contributed by atoms with Crippen molar-refractivity contribution < 1.29 is 27.5 Å². The van der Waals surface area contributed by atoms with E-state index in [9.17, 15) is 18.0 Å². The summed E-state index contributed by atoms with van der Waals surface area (Å²) in [5, 5.41) is 2.56. The normalized spacial score (nSPS) is 14.9. The van der Waals surface area contributed by atoms with Crippen LogP contribution in [0, 0.1) is 13.8 Å². The first kappa shape index (κ1) is 21.9. The summed E-state index contributed by atoms with van der Waals surface area (Å²) in [7, 11) is -3.67. The highest BCUT2D eigenvalue weighted by atomic mass is 32.2. The van der Waals surface area contributed by atoms with E-state index >= 15 is 0 Å². The highest BCUT2D eigenvalue weighted by Gasteiger charge is 2.26. The summed E-state index contributed by atoms with van der Waals surface area (Å²) >= 11 is 0. The molecule has 9 heteroatoms. The molecular weight excluding hydrogens is 408 g/mol. The van der Waals surface area contributed by atoms with Crippen molar-refractivity contribution in [3.63, 3.8) is 0 Å². The zero-order chi connectivity index (χ0) is 21.7. The van der Waals surface area contributed by atoms with E-state index in [-0.39, 0.29) is 18.0 Å². The van der Waals surface area contributed by atoms with E-state index in [1.165, 1.54) is 16.4 Å². The fourth-order valence-electron chi connectivity index (χ4n) is 3.17. The van der Waals surface area contributed by atoms with Gasteiger partial charge in [0.15, 0.2) is 6.61 Å². The van der Waals surface area contributed by atoms with Crippen LogP contribution in [0.25, 0.3) is 0 Å². The summed E-state index contributed by atoms with van der Waals surface area (Å²) in [6, 6.07) is 11.3. The van der Waals surface area contributed by atoms with Gasteiger partial charge in [0.05, 0.1) is 23.7 Å². The molecule has 0 unspecified atom stereocenters. The van der Waals surface area contributed by atoms with Crippen LogP contribution in [-0.2, 0) is 24.3 Å². The second-order valence-corrected chi connectivity index (χ2v) is 8.98. The second-order valence-electron chi connectivity index (χ2n) is 7.04. The van der Waals surface area contributed by atoms with Gasteiger partial charge in [0.2, 0.25) is 10.0 Å². The molecule has 2 aromatic carbocycles. The highest BCUT2D eigenvalue weighted by molar-refractivity contribution is 7.89. The average molecular weight is 432 g/mol. The summed E-state index contributed by atoms with van der Waals surface area (Å²) in [5.41, 5.74) is 2.52. The van der Waals surface area contributed by atoms with Crippen LogP contribution >= 0.6 is 0 Å². The molecule has 30 heavy (non-hydrogen) atoms. The average Bonchev–Trinajstić information content (AvgIpc) is 2.72. The Bertz CT molecular complexity index is 1020. The molecule has 1 heterocycles. The first-order valence-electron chi connectivity index (χ1n) is 9.49. The van der Waals surface area contributed by atoms with Crippen LogP contribution in [0.4, 0.5) is 5.69 Å². The second kappa shape index (κ2) is 9.38. The maximum absolute atomic E-state index is 12.7. The van der Waals surface area contributed by atoms with Gasteiger partial charge < -0.3 is 14.8 Å². The van der Waals surface area contributed by atoms with Gasteiger partial charge in [0, 0.05) is 18.8 Å². The van der Waals surface area contributed by atoms with E-state index in [1.807, 2.05) is 19.9 Å². The molecule has 0 aliphatic carbocycles. The highest BCUT2D eigenvalue weighted by Crippen LogP contribution is 2.20. The first-order valence-corrected chi connectivity index (χ1v) is 10.9. The van der Waals surface area contributed by atoms with Gasteiger partial charge in [0.25, 0.3) is 5.91 Å². The number of hydrogen-bond donors (Lipinski definition) is 1. The van der Waals surface area contributed by atoms with Crippen LogP contribution in [0.5, 0.6) is 0 Å². The monoisotopic (exact) mass is 432 g/mol. The Labute approximate surface area is 175 Å². The van der Waals surface area contributed by atoms with Crippen LogP contribution in [0.3, 0.4) is 0 Å². The quantitative estimate of drug-likeness (QED) is 0.702. The number of morpholine rings is 1. The third kappa shape index (κ3) is 5.44. The molecule has 0 radical (unpaired) electrons. The Morgan fingerprint density at radius 1 is 1.07 bits per heavy atom.